The lowest BCUT2D eigenvalue weighted by molar-refractivity contribution is -0.133. The smallest absolute Gasteiger partial charge is 0.243 e. The van der Waals surface area contributed by atoms with Crippen molar-refractivity contribution in [1.82, 2.24) is 9.21 Å². The summed E-state index contributed by atoms with van der Waals surface area (Å²) in [4.78, 5) is 17.0. The Morgan fingerprint density at radius 3 is 2.43 bits per heavy atom. The molecule has 0 fully saturated rings. The zero-order valence-corrected chi connectivity index (χ0v) is 22.1. The zero-order valence-electron chi connectivity index (χ0n) is 20.5. The van der Waals surface area contributed by atoms with Crippen molar-refractivity contribution in [2.24, 2.45) is 0 Å². The summed E-state index contributed by atoms with van der Waals surface area (Å²) in [6, 6.07) is 18.5. The number of thiophene rings is 1. The van der Waals surface area contributed by atoms with Crippen molar-refractivity contribution in [3.05, 3.63) is 100 Å². The normalized spacial score (nSPS) is 16.2. The number of rotatable bonds is 7. The molecule has 0 aliphatic carbocycles. The summed E-state index contributed by atoms with van der Waals surface area (Å²) >= 11 is 1.71. The number of carbonyl (C=O) groups excluding carboxylic acids is 1. The standard InChI is InChI=1S/C28H32N2O3S2/c1-5-17-29(35(32,33)23-9-7-6-8-10-23)20-26(31)30-18-15-25-24(16-19-34-25)27(30)21-11-13-22(14-12-21)28(2,3)4/h5-14,16,19,27H,1,15,17-18,20H2,2-4H3. The molecule has 2 aromatic carbocycles. The van der Waals surface area contributed by atoms with Crippen molar-refractivity contribution in [3.8, 4) is 0 Å². The molecule has 0 saturated carbocycles. The van der Waals surface area contributed by atoms with Gasteiger partial charge in [0.2, 0.25) is 15.9 Å². The number of hydrogen-bond donors (Lipinski definition) is 0. The lowest BCUT2D eigenvalue weighted by Gasteiger charge is -2.37. The maximum atomic E-state index is 13.7. The van der Waals surface area contributed by atoms with Crippen molar-refractivity contribution in [3.63, 3.8) is 0 Å². The quantitative estimate of drug-likeness (QED) is 0.402. The van der Waals surface area contributed by atoms with Gasteiger partial charge in [-0.2, -0.15) is 4.31 Å². The van der Waals surface area contributed by atoms with Gasteiger partial charge >= 0.3 is 0 Å². The van der Waals surface area contributed by atoms with Crippen LogP contribution >= 0.6 is 11.3 Å². The topological polar surface area (TPSA) is 57.7 Å². The highest BCUT2D eigenvalue weighted by Gasteiger charge is 2.35. The van der Waals surface area contributed by atoms with E-state index in [2.05, 4.69) is 63.1 Å². The number of hydrogen-bond acceptors (Lipinski definition) is 4. The Hall–Kier alpha value is -2.74. The third kappa shape index (κ3) is 5.27. The van der Waals surface area contributed by atoms with E-state index in [1.54, 1.807) is 41.7 Å². The van der Waals surface area contributed by atoms with Crippen LogP contribution in [0, 0.1) is 0 Å². The van der Waals surface area contributed by atoms with Crippen LogP contribution in [0.15, 0.2) is 83.6 Å². The molecule has 0 N–H and O–H groups in total. The van der Waals surface area contributed by atoms with E-state index >= 15 is 0 Å². The molecule has 3 aromatic rings. The predicted molar refractivity (Wildman–Crippen MR) is 142 cm³/mol. The minimum absolute atomic E-state index is 0.0329. The summed E-state index contributed by atoms with van der Waals surface area (Å²) in [5.74, 6) is -0.215. The Morgan fingerprint density at radius 1 is 1.11 bits per heavy atom. The summed E-state index contributed by atoms with van der Waals surface area (Å²) < 4.78 is 27.8. The first-order valence-corrected chi connectivity index (χ1v) is 14.1. The Labute approximate surface area is 212 Å². The third-order valence-electron chi connectivity index (χ3n) is 6.40. The van der Waals surface area contributed by atoms with Gasteiger partial charge in [0.15, 0.2) is 0 Å². The molecule has 0 spiro atoms. The number of amides is 1. The molecule has 35 heavy (non-hydrogen) atoms. The molecule has 2 heterocycles. The van der Waals surface area contributed by atoms with Crippen LogP contribution in [0.1, 0.15) is 48.4 Å². The molecule has 0 saturated heterocycles. The van der Waals surface area contributed by atoms with Gasteiger partial charge in [-0.1, -0.05) is 69.3 Å². The largest absolute Gasteiger partial charge is 0.330 e. The van der Waals surface area contributed by atoms with Gasteiger partial charge in [-0.25, -0.2) is 8.42 Å². The van der Waals surface area contributed by atoms with Crippen molar-refractivity contribution in [2.45, 2.75) is 43.5 Å². The number of benzene rings is 2. The summed E-state index contributed by atoms with van der Waals surface area (Å²) in [6.45, 7) is 10.6. The number of nitrogens with zero attached hydrogens (tertiary/aromatic N) is 2. The molecular formula is C28H32N2O3S2. The van der Waals surface area contributed by atoms with E-state index in [1.165, 1.54) is 20.8 Å². The molecule has 1 aliphatic rings. The van der Waals surface area contributed by atoms with E-state index in [9.17, 15) is 13.2 Å². The molecule has 7 heteroatoms. The first-order chi connectivity index (χ1) is 16.6. The van der Waals surface area contributed by atoms with Crippen LogP contribution < -0.4 is 0 Å². The van der Waals surface area contributed by atoms with Gasteiger partial charge in [-0.15, -0.1) is 17.9 Å². The molecule has 1 aliphatic heterocycles. The van der Waals surface area contributed by atoms with E-state index in [0.717, 1.165) is 17.5 Å². The molecule has 0 radical (unpaired) electrons. The van der Waals surface area contributed by atoms with Gasteiger partial charge in [-0.3, -0.25) is 4.79 Å². The van der Waals surface area contributed by atoms with Gasteiger partial charge in [0.05, 0.1) is 17.5 Å². The fourth-order valence-corrected chi connectivity index (χ4v) is 6.77. The van der Waals surface area contributed by atoms with Gasteiger partial charge in [0.25, 0.3) is 0 Å². The Kier molecular flexibility index (Phi) is 7.31. The van der Waals surface area contributed by atoms with E-state index in [-0.39, 0.29) is 35.3 Å². The van der Waals surface area contributed by atoms with Crippen molar-refractivity contribution < 1.29 is 13.2 Å². The SMILES string of the molecule is C=CCN(CC(=O)N1CCc2sccc2C1c1ccc(C(C)(C)C)cc1)S(=O)(=O)c1ccccc1. The van der Waals surface area contributed by atoms with Crippen LogP contribution in [-0.4, -0.2) is 43.2 Å². The van der Waals surface area contributed by atoms with Gasteiger partial charge in [0, 0.05) is 18.0 Å². The third-order valence-corrected chi connectivity index (χ3v) is 9.23. The number of carbonyl (C=O) groups is 1. The molecule has 1 unspecified atom stereocenters. The average Bonchev–Trinajstić information content (AvgIpc) is 3.32. The lowest BCUT2D eigenvalue weighted by Crippen LogP contribution is -2.46. The van der Waals surface area contributed by atoms with Crippen LogP contribution in [0.2, 0.25) is 0 Å². The highest BCUT2D eigenvalue weighted by atomic mass is 32.2. The van der Waals surface area contributed by atoms with Crippen LogP contribution in [0.4, 0.5) is 0 Å². The Balaban J connectivity index is 1.66. The lowest BCUT2D eigenvalue weighted by atomic mass is 9.85. The second-order valence-electron chi connectivity index (χ2n) is 9.81. The fourth-order valence-electron chi connectivity index (χ4n) is 4.48. The monoisotopic (exact) mass is 508 g/mol. The molecule has 4 rings (SSSR count). The first-order valence-electron chi connectivity index (χ1n) is 11.7. The van der Waals surface area contributed by atoms with Crippen molar-refractivity contribution in [1.29, 1.82) is 0 Å². The molecule has 1 atom stereocenters. The number of fused-ring (bicyclic) bond motifs is 1. The van der Waals surface area contributed by atoms with Crippen LogP contribution in [0.25, 0.3) is 0 Å². The average molecular weight is 509 g/mol. The van der Waals surface area contributed by atoms with Crippen LogP contribution in [-0.2, 0) is 26.7 Å². The minimum atomic E-state index is -3.83. The molecule has 1 aromatic heterocycles. The van der Waals surface area contributed by atoms with E-state index in [0.29, 0.717) is 6.54 Å². The summed E-state index contributed by atoms with van der Waals surface area (Å²) in [7, 11) is -3.83. The van der Waals surface area contributed by atoms with Crippen molar-refractivity contribution >= 4 is 27.3 Å². The first kappa shape index (κ1) is 25.4. The maximum Gasteiger partial charge on any atom is 0.243 e. The Morgan fingerprint density at radius 2 is 1.80 bits per heavy atom. The van der Waals surface area contributed by atoms with Crippen molar-refractivity contribution in [2.75, 3.05) is 19.6 Å². The zero-order chi connectivity index (χ0) is 25.2. The minimum Gasteiger partial charge on any atom is -0.330 e. The van der Waals surface area contributed by atoms with Gasteiger partial charge in [-0.05, 0) is 52.1 Å². The molecule has 0 bridgehead atoms. The van der Waals surface area contributed by atoms with Gasteiger partial charge in [0.1, 0.15) is 0 Å². The predicted octanol–water partition coefficient (Wildman–Crippen LogP) is 5.40. The Bertz CT molecular complexity index is 1290. The highest BCUT2D eigenvalue weighted by molar-refractivity contribution is 7.89. The molecule has 184 valence electrons. The fraction of sp³-hybridized carbons (Fsp3) is 0.321. The van der Waals surface area contributed by atoms with Gasteiger partial charge < -0.3 is 4.90 Å². The van der Waals surface area contributed by atoms with E-state index in [1.807, 2.05) is 4.90 Å². The molecule has 5 nitrogen and oxygen atoms in total. The highest BCUT2D eigenvalue weighted by Crippen LogP contribution is 2.38. The number of sulfonamides is 1. The van der Waals surface area contributed by atoms with Crippen LogP contribution in [0.3, 0.4) is 0 Å². The van der Waals surface area contributed by atoms with Crippen LogP contribution in [0.5, 0.6) is 0 Å². The summed E-state index contributed by atoms with van der Waals surface area (Å²) in [6.07, 6.45) is 2.28. The summed E-state index contributed by atoms with van der Waals surface area (Å²) in [5, 5.41) is 2.07. The summed E-state index contributed by atoms with van der Waals surface area (Å²) in [5.41, 5.74) is 3.42. The second kappa shape index (κ2) is 10.1. The molecule has 1 amide bonds. The van der Waals surface area contributed by atoms with E-state index < -0.39 is 10.0 Å². The maximum absolute atomic E-state index is 13.7. The van der Waals surface area contributed by atoms with E-state index in [4.69, 9.17) is 0 Å². The molecular weight excluding hydrogens is 476 g/mol. The second-order valence-corrected chi connectivity index (χ2v) is 12.7.